The number of amides is 2. The molecule has 1 aliphatic heterocycles. The Hall–Kier alpha value is -0.580. The molecule has 5 heteroatoms. The zero-order valence-corrected chi connectivity index (χ0v) is 10.4. The summed E-state index contributed by atoms with van der Waals surface area (Å²) in [5, 5.41) is 5.76. The average Bonchev–Trinajstić information content (AvgIpc) is 2.05. The van der Waals surface area contributed by atoms with E-state index in [9.17, 15) is 9.00 Å². The third-order valence-electron chi connectivity index (χ3n) is 2.21. The fraction of sp³-hybridized carbons (Fsp3) is 0.900. The molecule has 1 aliphatic rings. The van der Waals surface area contributed by atoms with Gasteiger partial charge in [0, 0.05) is 33.9 Å². The number of urea groups is 1. The fourth-order valence-electron chi connectivity index (χ4n) is 1.50. The van der Waals surface area contributed by atoms with E-state index in [1.54, 1.807) is 0 Å². The van der Waals surface area contributed by atoms with E-state index in [4.69, 9.17) is 0 Å². The van der Waals surface area contributed by atoms with Crippen molar-refractivity contribution >= 4 is 16.8 Å². The van der Waals surface area contributed by atoms with Gasteiger partial charge in [-0.3, -0.25) is 4.21 Å². The minimum atomic E-state index is -0.666. The van der Waals surface area contributed by atoms with E-state index in [2.05, 4.69) is 10.6 Å². The van der Waals surface area contributed by atoms with E-state index in [0.29, 0.717) is 11.5 Å². The van der Waals surface area contributed by atoms with Gasteiger partial charge in [-0.2, -0.15) is 0 Å². The Morgan fingerprint density at radius 3 is 2.27 bits per heavy atom. The molecule has 0 radical (unpaired) electrons. The van der Waals surface area contributed by atoms with Crippen LogP contribution < -0.4 is 10.6 Å². The first kappa shape index (κ1) is 12.5. The molecule has 0 aromatic carbocycles. The quantitative estimate of drug-likeness (QED) is 0.708. The largest absolute Gasteiger partial charge is 0.335 e. The Kier molecular flexibility index (Phi) is 4.13. The highest BCUT2D eigenvalue weighted by Crippen LogP contribution is 2.09. The summed E-state index contributed by atoms with van der Waals surface area (Å²) in [6.07, 6.45) is 1.65. The van der Waals surface area contributed by atoms with Crippen LogP contribution in [0.25, 0.3) is 0 Å². The van der Waals surface area contributed by atoms with Gasteiger partial charge in [0.25, 0.3) is 0 Å². The van der Waals surface area contributed by atoms with Gasteiger partial charge >= 0.3 is 6.03 Å². The van der Waals surface area contributed by atoms with E-state index in [-0.39, 0.29) is 17.6 Å². The number of carbonyl (C=O) groups is 1. The molecule has 0 atom stereocenters. The third kappa shape index (κ3) is 5.16. The minimum absolute atomic E-state index is 0.125. The summed E-state index contributed by atoms with van der Waals surface area (Å²) >= 11 is 0. The van der Waals surface area contributed by atoms with Gasteiger partial charge < -0.3 is 10.6 Å². The number of hydrogen-bond donors (Lipinski definition) is 2. The van der Waals surface area contributed by atoms with Crippen LogP contribution in [-0.2, 0) is 10.8 Å². The van der Waals surface area contributed by atoms with Crippen molar-refractivity contribution in [3.8, 4) is 0 Å². The van der Waals surface area contributed by atoms with Gasteiger partial charge in [0.2, 0.25) is 0 Å². The van der Waals surface area contributed by atoms with Crippen molar-refractivity contribution in [1.82, 2.24) is 10.6 Å². The lowest BCUT2D eigenvalue weighted by atomic mass is 10.1. The molecule has 1 saturated heterocycles. The van der Waals surface area contributed by atoms with Crippen LogP contribution >= 0.6 is 0 Å². The van der Waals surface area contributed by atoms with Crippen molar-refractivity contribution in [3.63, 3.8) is 0 Å². The molecule has 0 unspecified atom stereocenters. The normalized spacial score (nSPS) is 27.1. The Morgan fingerprint density at radius 2 is 1.80 bits per heavy atom. The number of nitrogens with one attached hydrogen (secondary N) is 2. The molecular formula is C10H20N2O2S. The van der Waals surface area contributed by atoms with Crippen LogP contribution in [0.1, 0.15) is 33.6 Å². The maximum atomic E-state index is 11.5. The molecule has 15 heavy (non-hydrogen) atoms. The topological polar surface area (TPSA) is 58.2 Å². The lowest BCUT2D eigenvalue weighted by Crippen LogP contribution is -2.50. The first-order chi connectivity index (χ1) is 6.87. The van der Waals surface area contributed by atoms with Gasteiger partial charge in [-0.05, 0) is 33.6 Å². The van der Waals surface area contributed by atoms with Gasteiger partial charge in [-0.15, -0.1) is 0 Å². The molecule has 0 aliphatic carbocycles. The monoisotopic (exact) mass is 232 g/mol. The summed E-state index contributed by atoms with van der Waals surface area (Å²) in [7, 11) is -0.666. The van der Waals surface area contributed by atoms with Crippen LogP contribution in [0.4, 0.5) is 4.79 Å². The van der Waals surface area contributed by atoms with E-state index >= 15 is 0 Å². The molecule has 4 nitrogen and oxygen atoms in total. The second-order valence-corrected chi connectivity index (χ2v) is 6.67. The summed E-state index contributed by atoms with van der Waals surface area (Å²) < 4.78 is 11.1. The molecular weight excluding hydrogens is 212 g/mol. The summed E-state index contributed by atoms with van der Waals surface area (Å²) in [6.45, 7) is 5.84. The molecule has 0 saturated carbocycles. The van der Waals surface area contributed by atoms with Crippen LogP contribution in [0.5, 0.6) is 0 Å². The molecule has 2 N–H and O–H groups in total. The standard InChI is InChI=1S/C10H20N2O2S/c1-10(2,3)12-9(13)11-8-4-6-15(14)7-5-8/h8H,4-7H2,1-3H3,(H2,11,12,13). The van der Waals surface area contributed by atoms with Gasteiger partial charge in [0.05, 0.1) is 0 Å². The van der Waals surface area contributed by atoms with E-state index in [0.717, 1.165) is 12.8 Å². The molecule has 0 aromatic heterocycles. The predicted octanol–water partition coefficient (Wildman–Crippen LogP) is 0.995. The van der Waals surface area contributed by atoms with E-state index in [1.807, 2.05) is 20.8 Å². The highest BCUT2D eigenvalue weighted by atomic mass is 32.2. The molecule has 0 spiro atoms. The second-order valence-electron chi connectivity index (χ2n) is 4.97. The highest BCUT2D eigenvalue weighted by Gasteiger charge is 2.21. The maximum absolute atomic E-state index is 11.5. The lowest BCUT2D eigenvalue weighted by molar-refractivity contribution is 0.227. The van der Waals surface area contributed by atoms with E-state index < -0.39 is 10.8 Å². The summed E-state index contributed by atoms with van der Waals surface area (Å²) in [5.74, 6) is 1.42. The van der Waals surface area contributed by atoms with Crippen LogP contribution in [-0.4, -0.2) is 33.3 Å². The molecule has 2 amide bonds. The van der Waals surface area contributed by atoms with Gasteiger partial charge in [-0.1, -0.05) is 0 Å². The van der Waals surface area contributed by atoms with Crippen molar-refractivity contribution in [3.05, 3.63) is 0 Å². The minimum Gasteiger partial charge on any atom is -0.335 e. The second kappa shape index (κ2) is 4.96. The number of hydrogen-bond acceptors (Lipinski definition) is 2. The van der Waals surface area contributed by atoms with Crippen LogP contribution in [0.2, 0.25) is 0 Å². The van der Waals surface area contributed by atoms with Crippen molar-refractivity contribution < 1.29 is 9.00 Å². The van der Waals surface area contributed by atoms with Crippen molar-refractivity contribution in [2.24, 2.45) is 0 Å². The molecule has 1 heterocycles. The first-order valence-corrected chi connectivity index (χ1v) is 6.79. The molecule has 1 rings (SSSR count). The number of carbonyl (C=O) groups excluding carboxylic acids is 1. The highest BCUT2D eigenvalue weighted by molar-refractivity contribution is 7.85. The molecule has 1 fully saturated rings. The lowest BCUT2D eigenvalue weighted by Gasteiger charge is -2.26. The third-order valence-corrected chi connectivity index (χ3v) is 3.59. The van der Waals surface area contributed by atoms with Crippen molar-refractivity contribution in [1.29, 1.82) is 0 Å². The molecule has 0 aromatic rings. The Morgan fingerprint density at radius 1 is 1.27 bits per heavy atom. The maximum Gasteiger partial charge on any atom is 0.315 e. The Bertz CT molecular complexity index is 251. The zero-order valence-electron chi connectivity index (χ0n) is 9.63. The summed E-state index contributed by atoms with van der Waals surface area (Å²) in [5.41, 5.74) is -0.207. The molecule has 88 valence electrons. The van der Waals surface area contributed by atoms with Crippen molar-refractivity contribution in [2.75, 3.05) is 11.5 Å². The summed E-state index contributed by atoms with van der Waals surface area (Å²) in [6, 6.07) is 0.0604. The SMILES string of the molecule is CC(C)(C)NC(=O)NC1CCS(=O)CC1. The molecule has 0 bridgehead atoms. The van der Waals surface area contributed by atoms with Gasteiger partial charge in [-0.25, -0.2) is 4.79 Å². The summed E-state index contributed by atoms with van der Waals surface area (Å²) in [4.78, 5) is 11.5. The van der Waals surface area contributed by atoms with Crippen molar-refractivity contribution in [2.45, 2.75) is 45.2 Å². The first-order valence-electron chi connectivity index (χ1n) is 5.30. The predicted molar refractivity (Wildman–Crippen MR) is 62.3 cm³/mol. The van der Waals surface area contributed by atoms with E-state index in [1.165, 1.54) is 0 Å². The van der Waals surface area contributed by atoms with Crippen LogP contribution in [0.3, 0.4) is 0 Å². The number of rotatable bonds is 1. The fourth-order valence-corrected chi connectivity index (χ4v) is 2.80. The smallest absolute Gasteiger partial charge is 0.315 e. The van der Waals surface area contributed by atoms with Crippen LogP contribution in [0.15, 0.2) is 0 Å². The Labute approximate surface area is 93.7 Å². The average molecular weight is 232 g/mol. The zero-order chi connectivity index (χ0) is 11.5. The van der Waals surface area contributed by atoms with Gasteiger partial charge in [0.1, 0.15) is 0 Å². The van der Waals surface area contributed by atoms with Crippen LogP contribution in [0, 0.1) is 0 Å². The Balaban J connectivity index is 2.29. The van der Waals surface area contributed by atoms with Gasteiger partial charge in [0.15, 0.2) is 0 Å².